The minimum absolute atomic E-state index is 0.0195. The fourth-order valence-corrected chi connectivity index (χ4v) is 1.84. The van der Waals surface area contributed by atoms with E-state index in [0.29, 0.717) is 6.61 Å². The molecule has 0 N–H and O–H groups in total. The first-order valence-corrected chi connectivity index (χ1v) is 5.75. The smallest absolute Gasteiger partial charge is 0.317 e. The molecule has 1 atom stereocenters. The summed E-state index contributed by atoms with van der Waals surface area (Å²) in [7, 11) is 0. The third-order valence-electron chi connectivity index (χ3n) is 2.80. The van der Waals surface area contributed by atoms with Crippen LogP contribution in [0.3, 0.4) is 0 Å². The molecule has 1 aliphatic rings. The van der Waals surface area contributed by atoms with Crippen LogP contribution in [-0.2, 0) is 4.74 Å². The van der Waals surface area contributed by atoms with E-state index in [-0.39, 0.29) is 24.1 Å². The Balaban J connectivity index is 2.14. The molecular weight excluding hydrogens is 256 g/mol. The molecule has 1 fully saturated rings. The van der Waals surface area contributed by atoms with E-state index >= 15 is 0 Å². The minimum atomic E-state index is -0.697. The van der Waals surface area contributed by atoms with Gasteiger partial charge < -0.3 is 9.47 Å². The molecule has 0 radical (unpaired) electrons. The normalized spacial score (nSPS) is 18.2. The maximum Gasteiger partial charge on any atom is 0.317 e. The Morgan fingerprint density at radius 1 is 1.32 bits per heavy atom. The maximum absolute atomic E-state index is 10.9. The topological polar surface area (TPSA) is 105 Å². The molecule has 1 heterocycles. The molecule has 0 spiro atoms. The second kappa shape index (κ2) is 5.61. The highest BCUT2D eigenvalue weighted by Crippen LogP contribution is 2.31. The van der Waals surface area contributed by atoms with E-state index in [2.05, 4.69) is 0 Å². The number of hydrogen-bond donors (Lipinski definition) is 0. The molecule has 2 rings (SSSR count). The van der Waals surface area contributed by atoms with Crippen LogP contribution in [0.2, 0.25) is 0 Å². The van der Waals surface area contributed by atoms with Gasteiger partial charge in [0.05, 0.1) is 22.0 Å². The number of rotatable bonds is 5. The number of non-ortho nitro benzene ring substituents is 1. The zero-order valence-electron chi connectivity index (χ0n) is 9.98. The largest absolute Gasteiger partial charge is 0.484 e. The van der Waals surface area contributed by atoms with Gasteiger partial charge in [-0.1, -0.05) is 0 Å². The summed E-state index contributed by atoms with van der Waals surface area (Å²) in [5.41, 5.74) is -0.747. The highest BCUT2D eigenvalue weighted by molar-refractivity contribution is 5.53. The van der Waals surface area contributed by atoms with Gasteiger partial charge in [-0.05, 0) is 18.9 Å². The summed E-state index contributed by atoms with van der Waals surface area (Å²) >= 11 is 0. The van der Waals surface area contributed by atoms with Gasteiger partial charge in [-0.15, -0.1) is 0 Å². The summed E-state index contributed by atoms with van der Waals surface area (Å²) in [5.74, 6) is 0.0195. The lowest BCUT2D eigenvalue weighted by atomic mass is 10.2. The number of hydrogen-bond acceptors (Lipinski definition) is 6. The van der Waals surface area contributed by atoms with Crippen LogP contribution in [0.5, 0.6) is 5.75 Å². The van der Waals surface area contributed by atoms with E-state index in [1.54, 1.807) is 0 Å². The van der Waals surface area contributed by atoms with Crippen LogP contribution in [0, 0.1) is 20.2 Å². The summed E-state index contributed by atoms with van der Waals surface area (Å²) in [5, 5.41) is 21.4. The van der Waals surface area contributed by atoms with Crippen LogP contribution in [0.15, 0.2) is 18.2 Å². The quantitative estimate of drug-likeness (QED) is 0.597. The molecule has 0 unspecified atom stereocenters. The Morgan fingerprint density at radius 3 is 2.68 bits per heavy atom. The summed E-state index contributed by atoms with van der Waals surface area (Å²) in [6.07, 6.45) is 1.71. The Labute approximate surface area is 108 Å². The standard InChI is InChI=1S/C11H12N2O6/c14-12(15)8-3-4-11(10(6-8)13(16)17)19-7-9-2-1-5-18-9/h3-4,6,9H,1-2,5,7H2/t9-/m0/s1. The van der Waals surface area contributed by atoms with E-state index in [1.807, 2.05) is 0 Å². The average molecular weight is 268 g/mol. The van der Waals surface area contributed by atoms with Crippen molar-refractivity contribution < 1.29 is 19.3 Å². The maximum atomic E-state index is 10.9. The molecule has 8 nitrogen and oxygen atoms in total. The van der Waals surface area contributed by atoms with Gasteiger partial charge in [-0.25, -0.2) is 0 Å². The summed E-state index contributed by atoms with van der Waals surface area (Å²) in [6.45, 7) is 0.870. The number of benzene rings is 1. The van der Waals surface area contributed by atoms with Crippen molar-refractivity contribution in [3.8, 4) is 5.75 Å². The van der Waals surface area contributed by atoms with Gasteiger partial charge in [-0.3, -0.25) is 20.2 Å². The van der Waals surface area contributed by atoms with Crippen molar-refractivity contribution in [3.63, 3.8) is 0 Å². The Hall–Kier alpha value is -2.22. The van der Waals surface area contributed by atoms with Crippen molar-refractivity contribution in [2.75, 3.05) is 13.2 Å². The fraction of sp³-hybridized carbons (Fsp3) is 0.455. The van der Waals surface area contributed by atoms with Crippen LogP contribution in [0.4, 0.5) is 11.4 Å². The van der Waals surface area contributed by atoms with Crippen molar-refractivity contribution in [1.82, 2.24) is 0 Å². The van der Waals surface area contributed by atoms with Gasteiger partial charge in [0, 0.05) is 12.7 Å². The van der Waals surface area contributed by atoms with E-state index < -0.39 is 15.5 Å². The molecule has 1 aliphatic heterocycles. The first-order chi connectivity index (χ1) is 9.08. The van der Waals surface area contributed by atoms with Crippen molar-refractivity contribution >= 4 is 11.4 Å². The number of nitro benzene ring substituents is 2. The summed E-state index contributed by atoms with van der Waals surface area (Å²) in [4.78, 5) is 20.1. The highest BCUT2D eigenvalue weighted by atomic mass is 16.6. The van der Waals surface area contributed by atoms with Crippen LogP contribution in [0.25, 0.3) is 0 Å². The van der Waals surface area contributed by atoms with Gasteiger partial charge in [0.2, 0.25) is 0 Å². The van der Waals surface area contributed by atoms with Crippen molar-refractivity contribution in [3.05, 3.63) is 38.4 Å². The summed E-state index contributed by atoms with van der Waals surface area (Å²) in [6, 6.07) is 3.31. The van der Waals surface area contributed by atoms with Gasteiger partial charge in [0.25, 0.3) is 5.69 Å². The Bertz CT molecular complexity index is 498. The van der Waals surface area contributed by atoms with E-state index in [0.717, 1.165) is 18.9 Å². The molecule has 8 heteroatoms. The van der Waals surface area contributed by atoms with E-state index in [1.165, 1.54) is 12.1 Å². The monoisotopic (exact) mass is 268 g/mol. The van der Waals surface area contributed by atoms with Gasteiger partial charge in [-0.2, -0.15) is 0 Å². The van der Waals surface area contributed by atoms with Gasteiger partial charge >= 0.3 is 5.69 Å². The lowest BCUT2D eigenvalue weighted by molar-refractivity contribution is -0.394. The molecule has 0 saturated carbocycles. The fourth-order valence-electron chi connectivity index (χ4n) is 1.84. The first-order valence-electron chi connectivity index (χ1n) is 5.75. The second-order valence-corrected chi connectivity index (χ2v) is 4.11. The first kappa shape index (κ1) is 13.2. The zero-order valence-corrected chi connectivity index (χ0v) is 9.98. The van der Waals surface area contributed by atoms with Gasteiger partial charge in [0.1, 0.15) is 6.61 Å². The van der Waals surface area contributed by atoms with Crippen LogP contribution in [-0.4, -0.2) is 29.2 Å². The number of nitro groups is 2. The third-order valence-corrected chi connectivity index (χ3v) is 2.80. The Morgan fingerprint density at radius 2 is 2.11 bits per heavy atom. The predicted octanol–water partition coefficient (Wildman–Crippen LogP) is 2.06. The zero-order chi connectivity index (χ0) is 13.8. The molecular formula is C11H12N2O6. The lowest BCUT2D eigenvalue weighted by Crippen LogP contribution is -2.16. The number of nitrogens with zero attached hydrogens (tertiary/aromatic N) is 2. The highest BCUT2D eigenvalue weighted by Gasteiger charge is 2.22. The molecule has 1 aromatic rings. The molecule has 19 heavy (non-hydrogen) atoms. The lowest BCUT2D eigenvalue weighted by Gasteiger charge is -2.11. The minimum Gasteiger partial charge on any atom is -0.484 e. The predicted molar refractivity (Wildman–Crippen MR) is 64.2 cm³/mol. The van der Waals surface area contributed by atoms with Gasteiger partial charge in [0.15, 0.2) is 5.75 Å². The third kappa shape index (κ3) is 3.16. The second-order valence-electron chi connectivity index (χ2n) is 4.11. The van der Waals surface area contributed by atoms with Crippen LogP contribution in [0.1, 0.15) is 12.8 Å². The van der Waals surface area contributed by atoms with Crippen molar-refractivity contribution in [2.45, 2.75) is 18.9 Å². The van der Waals surface area contributed by atoms with Crippen molar-refractivity contribution in [1.29, 1.82) is 0 Å². The molecule has 0 aliphatic carbocycles. The van der Waals surface area contributed by atoms with Crippen molar-refractivity contribution in [2.24, 2.45) is 0 Å². The molecule has 0 amide bonds. The van der Waals surface area contributed by atoms with E-state index in [9.17, 15) is 20.2 Å². The molecule has 102 valence electrons. The average Bonchev–Trinajstić information content (AvgIpc) is 2.89. The summed E-state index contributed by atoms with van der Waals surface area (Å²) < 4.78 is 10.7. The van der Waals surface area contributed by atoms with Crippen LogP contribution < -0.4 is 4.74 Å². The SMILES string of the molecule is O=[N+]([O-])c1ccc(OC[C@@H]2CCCO2)c([N+](=O)[O-])c1. The number of ether oxygens (including phenoxy) is 2. The Kier molecular flexibility index (Phi) is 3.91. The molecule has 0 bridgehead atoms. The molecule has 0 aromatic heterocycles. The molecule has 1 aromatic carbocycles. The molecule has 1 saturated heterocycles. The van der Waals surface area contributed by atoms with E-state index in [4.69, 9.17) is 9.47 Å². The van der Waals surface area contributed by atoms with Crippen LogP contribution >= 0.6 is 0 Å².